The van der Waals surface area contributed by atoms with Gasteiger partial charge in [0.1, 0.15) is 0 Å². The van der Waals surface area contributed by atoms with E-state index in [1.165, 1.54) is 25.7 Å². The first kappa shape index (κ1) is 23.7. The number of rotatable bonds is 6. The van der Waals surface area contributed by atoms with Crippen LogP contribution >= 0.6 is 0 Å². The minimum absolute atomic E-state index is 0.253. The van der Waals surface area contributed by atoms with E-state index in [1.54, 1.807) is 41.0 Å². The van der Waals surface area contributed by atoms with Crippen molar-refractivity contribution in [2.45, 2.75) is 50.1 Å². The minimum atomic E-state index is -3.55. The van der Waals surface area contributed by atoms with Crippen molar-refractivity contribution in [3.05, 3.63) is 54.4 Å². The second-order valence-electron chi connectivity index (χ2n) is 9.06. The summed E-state index contributed by atoms with van der Waals surface area (Å²) in [7, 11) is -3.55. The van der Waals surface area contributed by atoms with Gasteiger partial charge in [0.05, 0.1) is 4.90 Å². The number of nitrogens with zero attached hydrogens (tertiary/aromatic N) is 3. The molecule has 4 rings (SSSR count). The van der Waals surface area contributed by atoms with Crippen LogP contribution in [0.2, 0.25) is 0 Å². The van der Waals surface area contributed by atoms with Crippen LogP contribution in [-0.2, 0) is 16.6 Å². The van der Waals surface area contributed by atoms with Gasteiger partial charge in [0.15, 0.2) is 0 Å². The van der Waals surface area contributed by atoms with Crippen LogP contribution in [0, 0.1) is 5.92 Å². The maximum Gasteiger partial charge on any atom is 0.319 e. The monoisotopic (exact) mass is 471 g/mol. The zero-order chi connectivity index (χ0) is 23.3. The Balaban J connectivity index is 1.29. The zero-order valence-electron chi connectivity index (χ0n) is 19.1. The zero-order valence-corrected chi connectivity index (χ0v) is 19.9. The first-order valence-corrected chi connectivity index (χ1v) is 13.1. The SMILES string of the molecule is CC1CCCC(N2CCN(S(=O)(=O)c3ccc(NC(=O)NCc4cccnc4)cc3)CC2)C1. The molecule has 33 heavy (non-hydrogen) atoms. The van der Waals surface area contributed by atoms with Crippen LogP contribution < -0.4 is 10.6 Å². The number of hydrogen-bond donors (Lipinski definition) is 2. The Labute approximate surface area is 196 Å². The van der Waals surface area contributed by atoms with Gasteiger partial charge in [-0.05, 0) is 54.7 Å². The molecule has 2 N–H and O–H groups in total. The van der Waals surface area contributed by atoms with Gasteiger partial charge in [-0.25, -0.2) is 13.2 Å². The van der Waals surface area contributed by atoms with E-state index in [4.69, 9.17) is 0 Å². The summed E-state index contributed by atoms with van der Waals surface area (Å²) in [4.78, 5) is 18.9. The lowest BCUT2D eigenvalue weighted by Crippen LogP contribution is -2.52. The van der Waals surface area contributed by atoms with Crippen molar-refractivity contribution in [1.29, 1.82) is 0 Å². The van der Waals surface area contributed by atoms with E-state index in [2.05, 4.69) is 27.4 Å². The molecule has 2 aliphatic rings. The standard InChI is InChI=1S/C24H33N5O3S/c1-19-4-2-6-22(16-19)28-12-14-29(15-13-28)33(31,32)23-9-7-21(8-10-23)27-24(30)26-18-20-5-3-11-25-17-20/h3,5,7-11,17,19,22H,2,4,6,12-16,18H2,1H3,(H2,26,27,30). The fraction of sp³-hybridized carbons (Fsp3) is 0.500. The molecule has 8 nitrogen and oxygen atoms in total. The molecular formula is C24H33N5O3S. The molecule has 0 spiro atoms. The fourth-order valence-electron chi connectivity index (χ4n) is 4.76. The Morgan fingerprint density at radius 1 is 1.09 bits per heavy atom. The second-order valence-corrected chi connectivity index (χ2v) is 11.0. The number of sulfonamides is 1. The van der Waals surface area contributed by atoms with Crippen molar-refractivity contribution >= 4 is 21.7 Å². The van der Waals surface area contributed by atoms with Crippen LogP contribution in [-0.4, -0.2) is 60.9 Å². The average Bonchev–Trinajstić information content (AvgIpc) is 2.84. The van der Waals surface area contributed by atoms with E-state index in [1.807, 2.05) is 12.1 Å². The number of urea groups is 1. The predicted molar refractivity (Wildman–Crippen MR) is 128 cm³/mol. The normalized spacial score (nSPS) is 22.6. The molecule has 1 aliphatic heterocycles. The van der Waals surface area contributed by atoms with Crippen LogP contribution in [0.15, 0.2) is 53.7 Å². The number of anilines is 1. The smallest absolute Gasteiger partial charge is 0.319 e. The molecular weight excluding hydrogens is 438 g/mol. The molecule has 178 valence electrons. The van der Waals surface area contributed by atoms with Gasteiger partial charge in [-0.3, -0.25) is 9.88 Å². The number of nitrogens with one attached hydrogen (secondary N) is 2. The highest BCUT2D eigenvalue weighted by atomic mass is 32.2. The van der Waals surface area contributed by atoms with Gasteiger partial charge in [-0.1, -0.05) is 25.8 Å². The van der Waals surface area contributed by atoms with Crippen molar-refractivity contribution in [3.8, 4) is 0 Å². The number of pyridine rings is 1. The number of carbonyl (C=O) groups excluding carboxylic acids is 1. The van der Waals surface area contributed by atoms with Gasteiger partial charge >= 0.3 is 6.03 Å². The largest absolute Gasteiger partial charge is 0.334 e. The fourth-order valence-corrected chi connectivity index (χ4v) is 6.18. The molecule has 1 saturated carbocycles. The second kappa shape index (κ2) is 10.6. The highest BCUT2D eigenvalue weighted by Gasteiger charge is 2.32. The third-order valence-electron chi connectivity index (χ3n) is 6.62. The highest BCUT2D eigenvalue weighted by molar-refractivity contribution is 7.89. The summed E-state index contributed by atoms with van der Waals surface area (Å²) in [5.74, 6) is 0.759. The Bertz CT molecular complexity index is 1020. The van der Waals surface area contributed by atoms with Gasteiger partial charge in [-0.15, -0.1) is 0 Å². The predicted octanol–water partition coefficient (Wildman–Crippen LogP) is 3.29. The van der Waals surface area contributed by atoms with Gasteiger partial charge in [0.2, 0.25) is 10.0 Å². The van der Waals surface area contributed by atoms with Crippen LogP contribution in [0.5, 0.6) is 0 Å². The van der Waals surface area contributed by atoms with Crippen molar-refractivity contribution in [1.82, 2.24) is 19.5 Å². The first-order chi connectivity index (χ1) is 15.9. The molecule has 9 heteroatoms. The molecule has 2 heterocycles. The van der Waals surface area contributed by atoms with E-state index in [0.29, 0.717) is 31.4 Å². The van der Waals surface area contributed by atoms with Crippen molar-refractivity contribution in [3.63, 3.8) is 0 Å². The van der Waals surface area contributed by atoms with E-state index < -0.39 is 10.0 Å². The molecule has 1 aromatic carbocycles. The number of hydrogen-bond acceptors (Lipinski definition) is 5. The molecule has 2 atom stereocenters. The van der Waals surface area contributed by atoms with Crippen LogP contribution in [0.25, 0.3) is 0 Å². The third-order valence-corrected chi connectivity index (χ3v) is 8.54. The summed E-state index contributed by atoms with van der Waals surface area (Å²) >= 11 is 0. The number of carbonyl (C=O) groups is 1. The van der Waals surface area contributed by atoms with Crippen LogP contribution in [0.4, 0.5) is 10.5 Å². The van der Waals surface area contributed by atoms with Gasteiger partial charge < -0.3 is 10.6 Å². The van der Waals surface area contributed by atoms with Crippen molar-refractivity contribution < 1.29 is 13.2 Å². The topological polar surface area (TPSA) is 94.6 Å². The van der Waals surface area contributed by atoms with Crippen molar-refractivity contribution in [2.24, 2.45) is 5.92 Å². The lowest BCUT2D eigenvalue weighted by atomic mass is 9.86. The maximum atomic E-state index is 13.1. The molecule has 1 aromatic heterocycles. The lowest BCUT2D eigenvalue weighted by Gasteiger charge is -2.41. The summed E-state index contributed by atoms with van der Waals surface area (Å²) in [6.45, 7) is 5.28. The van der Waals surface area contributed by atoms with E-state index >= 15 is 0 Å². The van der Waals surface area contributed by atoms with Gasteiger partial charge in [0.25, 0.3) is 0 Å². The number of benzene rings is 1. The highest BCUT2D eigenvalue weighted by Crippen LogP contribution is 2.29. The Kier molecular flexibility index (Phi) is 7.62. The van der Waals surface area contributed by atoms with E-state index in [0.717, 1.165) is 24.6 Å². The van der Waals surface area contributed by atoms with Crippen LogP contribution in [0.3, 0.4) is 0 Å². The molecule has 0 radical (unpaired) electrons. The molecule has 1 saturated heterocycles. The van der Waals surface area contributed by atoms with Gasteiger partial charge in [-0.2, -0.15) is 4.31 Å². The minimum Gasteiger partial charge on any atom is -0.334 e. The average molecular weight is 472 g/mol. The summed E-state index contributed by atoms with van der Waals surface area (Å²) in [6.07, 6.45) is 8.39. The number of piperazine rings is 1. The first-order valence-electron chi connectivity index (χ1n) is 11.7. The van der Waals surface area contributed by atoms with E-state index in [-0.39, 0.29) is 10.9 Å². The molecule has 2 amide bonds. The Morgan fingerprint density at radius 3 is 2.52 bits per heavy atom. The Hall–Kier alpha value is -2.49. The number of amides is 2. The molecule has 2 unspecified atom stereocenters. The van der Waals surface area contributed by atoms with Crippen molar-refractivity contribution in [2.75, 3.05) is 31.5 Å². The Morgan fingerprint density at radius 2 is 1.85 bits per heavy atom. The summed E-state index contributed by atoms with van der Waals surface area (Å²) < 4.78 is 27.8. The lowest BCUT2D eigenvalue weighted by molar-refractivity contribution is 0.0967. The van der Waals surface area contributed by atoms with E-state index in [9.17, 15) is 13.2 Å². The third kappa shape index (κ3) is 6.10. The number of aromatic nitrogens is 1. The molecule has 2 aromatic rings. The van der Waals surface area contributed by atoms with Gasteiger partial charge in [0, 0.05) is 56.8 Å². The molecule has 1 aliphatic carbocycles. The summed E-state index contributed by atoms with van der Waals surface area (Å²) in [6, 6.07) is 10.3. The maximum absolute atomic E-state index is 13.1. The van der Waals surface area contributed by atoms with Crippen LogP contribution in [0.1, 0.15) is 38.2 Å². The quantitative estimate of drug-likeness (QED) is 0.674. The summed E-state index contributed by atoms with van der Waals surface area (Å²) in [5.41, 5.74) is 1.43. The molecule has 2 fully saturated rings. The molecule has 0 bridgehead atoms. The summed E-state index contributed by atoms with van der Waals surface area (Å²) in [5, 5.41) is 5.49.